The van der Waals surface area contributed by atoms with Gasteiger partial charge in [0.1, 0.15) is 11.6 Å². The average molecular weight is 437 g/mol. The molecule has 3 N–H and O–H groups in total. The van der Waals surface area contributed by atoms with Crippen molar-refractivity contribution < 1.29 is 9.50 Å². The summed E-state index contributed by atoms with van der Waals surface area (Å²) in [6.45, 7) is 4.65. The van der Waals surface area contributed by atoms with E-state index in [4.69, 9.17) is 0 Å². The molecule has 0 spiro atoms. The normalized spacial score (nSPS) is 27.3. The van der Waals surface area contributed by atoms with Crippen LogP contribution in [0.3, 0.4) is 0 Å². The highest BCUT2D eigenvalue weighted by Gasteiger charge is 2.46. The lowest BCUT2D eigenvalue weighted by molar-refractivity contribution is 0.0784. The molecule has 0 amide bonds. The topological polar surface area (TPSA) is 90.0 Å². The van der Waals surface area contributed by atoms with Crippen molar-refractivity contribution in [2.45, 2.75) is 63.1 Å². The van der Waals surface area contributed by atoms with Crippen molar-refractivity contribution in [3.8, 4) is 28.1 Å². The number of hydrogen-bond donors (Lipinski definition) is 3. The molecule has 2 aliphatic rings. The summed E-state index contributed by atoms with van der Waals surface area (Å²) in [4.78, 5) is 2.21. The Morgan fingerprint density at radius 1 is 1.09 bits per heavy atom. The molecule has 3 atom stereocenters. The van der Waals surface area contributed by atoms with Crippen LogP contribution >= 0.6 is 0 Å². The van der Waals surface area contributed by atoms with Crippen molar-refractivity contribution >= 4 is 5.82 Å². The largest absolute Gasteiger partial charge is 0.507 e. The maximum atomic E-state index is 14.7. The number of nitrogens with zero attached hydrogens (tertiary/aromatic N) is 4. The molecule has 1 aromatic carbocycles. The van der Waals surface area contributed by atoms with Crippen LogP contribution in [-0.4, -0.2) is 49.7 Å². The number of piperidine rings is 2. The van der Waals surface area contributed by atoms with Gasteiger partial charge >= 0.3 is 0 Å². The number of rotatable bonds is 4. The fraction of sp³-hybridized carbons (Fsp3) is 0.458. The van der Waals surface area contributed by atoms with E-state index in [0.29, 0.717) is 22.9 Å². The van der Waals surface area contributed by atoms with Crippen LogP contribution in [0.2, 0.25) is 0 Å². The van der Waals surface area contributed by atoms with Crippen LogP contribution in [-0.2, 0) is 0 Å². The predicted molar refractivity (Wildman–Crippen MR) is 122 cm³/mol. The van der Waals surface area contributed by atoms with E-state index in [1.165, 1.54) is 37.6 Å². The number of H-pyrrole nitrogens is 1. The number of phenols is 1. The zero-order valence-corrected chi connectivity index (χ0v) is 18.7. The summed E-state index contributed by atoms with van der Waals surface area (Å²) in [5.41, 5.74) is 1.89. The van der Waals surface area contributed by atoms with Gasteiger partial charge in [-0.15, -0.1) is 10.2 Å². The Kier molecular flexibility index (Phi) is 4.93. The molecule has 4 heterocycles. The lowest BCUT2D eigenvalue weighted by Crippen LogP contribution is -2.66. The molecular weight excluding hydrogens is 407 g/mol. The van der Waals surface area contributed by atoms with Crippen molar-refractivity contribution in [2.75, 3.05) is 11.9 Å². The van der Waals surface area contributed by atoms with E-state index in [2.05, 4.69) is 51.5 Å². The number of aromatic amines is 1. The lowest BCUT2D eigenvalue weighted by atomic mass is 9.69. The van der Waals surface area contributed by atoms with Gasteiger partial charge in [-0.2, -0.15) is 5.10 Å². The first kappa shape index (κ1) is 20.9. The van der Waals surface area contributed by atoms with E-state index in [9.17, 15) is 9.50 Å². The van der Waals surface area contributed by atoms with Crippen LogP contribution in [0.1, 0.15) is 46.0 Å². The van der Waals surface area contributed by atoms with Crippen molar-refractivity contribution in [3.05, 3.63) is 42.5 Å². The molecule has 0 unspecified atom stereocenters. The van der Waals surface area contributed by atoms with Crippen molar-refractivity contribution in [3.63, 3.8) is 0 Å². The van der Waals surface area contributed by atoms with Gasteiger partial charge in [0.05, 0.1) is 11.9 Å². The molecule has 5 rings (SSSR count). The Morgan fingerprint density at radius 3 is 2.47 bits per heavy atom. The van der Waals surface area contributed by atoms with Crippen molar-refractivity contribution in [1.29, 1.82) is 0 Å². The molecular formula is C24H29FN6O. The molecule has 0 aliphatic carbocycles. The zero-order chi connectivity index (χ0) is 22.5. The predicted octanol–water partition coefficient (Wildman–Crippen LogP) is 4.27. The monoisotopic (exact) mass is 436 g/mol. The third-order valence-electron chi connectivity index (χ3n) is 7.16. The summed E-state index contributed by atoms with van der Waals surface area (Å²) < 4.78 is 14.7. The molecule has 32 heavy (non-hydrogen) atoms. The van der Waals surface area contributed by atoms with Crippen LogP contribution in [0.25, 0.3) is 22.4 Å². The number of hydrogen-bond acceptors (Lipinski definition) is 6. The molecule has 7 nitrogen and oxygen atoms in total. The van der Waals surface area contributed by atoms with Crippen LogP contribution < -0.4 is 10.2 Å². The van der Waals surface area contributed by atoms with Crippen molar-refractivity contribution in [1.82, 2.24) is 25.7 Å². The highest BCUT2D eigenvalue weighted by atomic mass is 19.1. The number of phenolic OH excluding ortho intramolecular Hbond substituents is 1. The molecule has 0 radical (unpaired) electrons. The SMILES string of the molecule is CN(c1ccc(-c2cc(F)c(-c3cn[nH]c3)cc2O)nn1)[C@@H]1C[C@]2(C)CCC[C@](C)(C1)N2. The summed E-state index contributed by atoms with van der Waals surface area (Å²) in [7, 11) is 2.07. The molecule has 168 valence electrons. The second kappa shape index (κ2) is 7.55. The Hall–Kier alpha value is -3.00. The Balaban J connectivity index is 1.38. The maximum absolute atomic E-state index is 14.7. The van der Waals surface area contributed by atoms with E-state index >= 15 is 0 Å². The molecule has 3 aromatic rings. The quantitative estimate of drug-likeness (QED) is 0.566. The smallest absolute Gasteiger partial charge is 0.151 e. The number of anilines is 1. The number of fused-ring (bicyclic) bond motifs is 2. The number of nitrogens with one attached hydrogen (secondary N) is 2. The van der Waals surface area contributed by atoms with Gasteiger partial charge in [-0.3, -0.25) is 5.10 Å². The zero-order valence-electron chi connectivity index (χ0n) is 18.7. The van der Waals surface area contributed by atoms with Crippen LogP contribution in [0.5, 0.6) is 5.75 Å². The molecule has 2 aromatic heterocycles. The summed E-state index contributed by atoms with van der Waals surface area (Å²) in [5.74, 6) is 0.274. The second-order valence-electron chi connectivity index (χ2n) is 9.89. The Bertz CT molecular complexity index is 1100. The van der Waals surface area contributed by atoms with Gasteiger partial charge in [0.2, 0.25) is 0 Å². The Labute approximate surface area is 187 Å². The summed E-state index contributed by atoms with van der Waals surface area (Å²) in [6, 6.07) is 6.74. The van der Waals surface area contributed by atoms with Gasteiger partial charge in [0.15, 0.2) is 5.82 Å². The third-order valence-corrected chi connectivity index (χ3v) is 7.16. The molecule has 2 bridgehead atoms. The summed E-state index contributed by atoms with van der Waals surface area (Å²) >= 11 is 0. The second-order valence-corrected chi connectivity index (χ2v) is 9.89. The standard InChI is InChI=1S/C24H29FN6O/c1-23-7-4-8-24(2,30-23)12-16(11-23)31(3)22-6-5-20(28-29-22)18-9-19(25)17(10-21(18)32)15-13-26-27-14-15/h5-6,9-10,13-14,16,30,32H,4,7-8,11-12H2,1-3H3,(H,26,27)/t16-,23+,24-. The fourth-order valence-corrected chi connectivity index (χ4v) is 5.65. The first-order valence-electron chi connectivity index (χ1n) is 11.1. The molecule has 8 heteroatoms. The minimum atomic E-state index is -0.454. The van der Waals surface area contributed by atoms with Crippen molar-refractivity contribution in [2.24, 2.45) is 0 Å². The molecule has 2 fully saturated rings. The highest BCUT2D eigenvalue weighted by Crippen LogP contribution is 2.42. The highest BCUT2D eigenvalue weighted by molar-refractivity contribution is 5.74. The van der Waals surface area contributed by atoms with Crippen LogP contribution in [0.15, 0.2) is 36.7 Å². The van der Waals surface area contributed by atoms with Gasteiger partial charge in [0.25, 0.3) is 0 Å². The summed E-state index contributed by atoms with van der Waals surface area (Å²) in [6.07, 6.45) is 8.86. The van der Waals surface area contributed by atoms with Gasteiger partial charge in [-0.25, -0.2) is 4.39 Å². The Morgan fingerprint density at radius 2 is 1.84 bits per heavy atom. The van der Waals surface area contributed by atoms with E-state index in [-0.39, 0.29) is 22.4 Å². The third kappa shape index (κ3) is 3.72. The van der Waals surface area contributed by atoms with Gasteiger partial charge < -0.3 is 15.3 Å². The molecule has 2 saturated heterocycles. The minimum Gasteiger partial charge on any atom is -0.507 e. The van der Waals surface area contributed by atoms with Gasteiger partial charge in [0, 0.05) is 47.1 Å². The van der Waals surface area contributed by atoms with E-state index in [1.54, 1.807) is 12.3 Å². The fourth-order valence-electron chi connectivity index (χ4n) is 5.65. The number of benzene rings is 1. The minimum absolute atomic E-state index is 0.0509. The van der Waals surface area contributed by atoms with Crippen LogP contribution in [0.4, 0.5) is 10.2 Å². The van der Waals surface area contributed by atoms with E-state index in [0.717, 1.165) is 18.7 Å². The van der Waals surface area contributed by atoms with E-state index in [1.807, 2.05) is 6.07 Å². The van der Waals surface area contributed by atoms with Crippen LogP contribution in [0, 0.1) is 5.82 Å². The first-order valence-corrected chi connectivity index (χ1v) is 11.1. The molecule has 0 saturated carbocycles. The number of aromatic nitrogens is 4. The number of halogens is 1. The lowest BCUT2D eigenvalue weighted by Gasteiger charge is -2.55. The van der Waals surface area contributed by atoms with E-state index < -0.39 is 5.82 Å². The maximum Gasteiger partial charge on any atom is 0.151 e. The summed E-state index contributed by atoms with van der Waals surface area (Å²) in [5, 5.41) is 29.6. The van der Waals surface area contributed by atoms with Gasteiger partial charge in [-0.1, -0.05) is 0 Å². The molecule has 2 aliphatic heterocycles. The average Bonchev–Trinajstić information content (AvgIpc) is 3.28. The van der Waals surface area contributed by atoms with Gasteiger partial charge in [-0.05, 0) is 70.2 Å². The number of aromatic hydroxyl groups is 1. The first-order chi connectivity index (χ1) is 15.3.